The number of amides is 1. The maximum atomic E-state index is 12.1. The highest BCUT2D eigenvalue weighted by atomic mass is 35.5. The highest BCUT2D eigenvalue weighted by Crippen LogP contribution is 2.17. The van der Waals surface area contributed by atoms with E-state index in [4.69, 9.17) is 11.6 Å². The van der Waals surface area contributed by atoms with E-state index in [-0.39, 0.29) is 5.91 Å². The second-order valence-corrected chi connectivity index (χ2v) is 6.26. The summed E-state index contributed by atoms with van der Waals surface area (Å²) in [7, 11) is 0. The van der Waals surface area contributed by atoms with E-state index in [2.05, 4.69) is 10.2 Å². The van der Waals surface area contributed by atoms with Crippen molar-refractivity contribution in [3.8, 4) is 0 Å². The van der Waals surface area contributed by atoms with E-state index in [1.807, 2.05) is 19.1 Å². The molecule has 1 aromatic rings. The molecule has 0 atom stereocenters. The Morgan fingerprint density at radius 2 is 1.95 bits per heavy atom. The lowest BCUT2D eigenvalue weighted by Gasteiger charge is -2.19. The van der Waals surface area contributed by atoms with Gasteiger partial charge in [-0.15, -0.1) is 0 Å². The normalized spacial score (nSPS) is 16.5. The van der Waals surface area contributed by atoms with Crippen molar-refractivity contribution in [1.82, 2.24) is 10.2 Å². The summed E-state index contributed by atoms with van der Waals surface area (Å²) in [5.74, 6) is -0.0733. The molecule has 116 valence electrons. The molecule has 0 saturated carbocycles. The summed E-state index contributed by atoms with van der Waals surface area (Å²) in [5, 5.41) is 3.49. The molecule has 1 saturated heterocycles. The third-order valence-electron chi connectivity index (χ3n) is 4.00. The number of carbonyl (C=O) groups excluding carboxylic acids is 1. The van der Waals surface area contributed by atoms with Crippen LogP contribution in [0.3, 0.4) is 0 Å². The lowest BCUT2D eigenvalue weighted by Crippen LogP contribution is -2.30. The SMILES string of the molecule is Cc1ccc(C(=O)NCCCN2CCCCCC2)c(Cl)c1. The number of hydrogen-bond acceptors (Lipinski definition) is 2. The molecule has 0 unspecified atom stereocenters. The van der Waals surface area contributed by atoms with Crippen LogP contribution in [-0.4, -0.2) is 37.0 Å². The minimum absolute atomic E-state index is 0.0733. The van der Waals surface area contributed by atoms with Crippen LogP contribution in [-0.2, 0) is 0 Å². The summed E-state index contributed by atoms with van der Waals surface area (Å²) in [6.45, 7) is 6.16. The van der Waals surface area contributed by atoms with Gasteiger partial charge in [-0.2, -0.15) is 0 Å². The van der Waals surface area contributed by atoms with E-state index in [0.717, 1.165) is 18.5 Å². The molecular formula is C17H25ClN2O. The van der Waals surface area contributed by atoms with Gasteiger partial charge in [0, 0.05) is 6.54 Å². The quantitative estimate of drug-likeness (QED) is 0.842. The lowest BCUT2D eigenvalue weighted by molar-refractivity contribution is 0.0952. The molecule has 0 spiro atoms. The molecule has 1 fully saturated rings. The van der Waals surface area contributed by atoms with Crippen molar-refractivity contribution in [3.63, 3.8) is 0 Å². The van der Waals surface area contributed by atoms with Crippen molar-refractivity contribution in [3.05, 3.63) is 34.3 Å². The zero-order valence-corrected chi connectivity index (χ0v) is 13.6. The topological polar surface area (TPSA) is 32.3 Å². The molecule has 0 bridgehead atoms. The fraction of sp³-hybridized carbons (Fsp3) is 0.588. The van der Waals surface area contributed by atoms with Crippen molar-refractivity contribution < 1.29 is 4.79 Å². The summed E-state index contributed by atoms with van der Waals surface area (Å²) < 4.78 is 0. The van der Waals surface area contributed by atoms with Crippen molar-refractivity contribution in [2.75, 3.05) is 26.2 Å². The summed E-state index contributed by atoms with van der Waals surface area (Å²) in [6, 6.07) is 5.54. The highest BCUT2D eigenvalue weighted by Gasteiger charge is 2.11. The molecule has 1 aliphatic heterocycles. The molecule has 1 aromatic carbocycles. The van der Waals surface area contributed by atoms with E-state index < -0.39 is 0 Å². The van der Waals surface area contributed by atoms with Crippen LogP contribution in [0, 0.1) is 6.92 Å². The minimum atomic E-state index is -0.0733. The van der Waals surface area contributed by atoms with Crippen LogP contribution in [0.15, 0.2) is 18.2 Å². The van der Waals surface area contributed by atoms with Crippen LogP contribution >= 0.6 is 11.6 Å². The van der Waals surface area contributed by atoms with Gasteiger partial charge in [0.1, 0.15) is 0 Å². The number of nitrogens with zero attached hydrogens (tertiary/aromatic N) is 1. The van der Waals surface area contributed by atoms with Crippen LogP contribution in [0.4, 0.5) is 0 Å². The van der Waals surface area contributed by atoms with Crippen LogP contribution in [0.5, 0.6) is 0 Å². The summed E-state index contributed by atoms with van der Waals surface area (Å²) >= 11 is 6.11. The molecule has 2 rings (SSSR count). The number of aryl methyl sites for hydroxylation is 1. The second kappa shape index (κ2) is 8.40. The smallest absolute Gasteiger partial charge is 0.252 e. The fourth-order valence-corrected chi connectivity index (χ4v) is 3.08. The molecule has 1 aliphatic rings. The van der Waals surface area contributed by atoms with Crippen LogP contribution in [0.1, 0.15) is 48.0 Å². The van der Waals surface area contributed by atoms with Gasteiger partial charge in [-0.05, 0) is 63.5 Å². The van der Waals surface area contributed by atoms with Gasteiger partial charge in [-0.3, -0.25) is 4.79 Å². The number of carbonyl (C=O) groups is 1. The van der Waals surface area contributed by atoms with Crippen molar-refractivity contribution in [2.24, 2.45) is 0 Å². The standard InChI is InChI=1S/C17H25ClN2O/c1-14-7-8-15(16(18)13-14)17(21)19-9-6-12-20-10-4-2-3-5-11-20/h7-8,13H,2-6,9-12H2,1H3,(H,19,21). The van der Waals surface area contributed by atoms with Gasteiger partial charge < -0.3 is 10.2 Å². The average Bonchev–Trinajstić information content (AvgIpc) is 2.72. The summed E-state index contributed by atoms with van der Waals surface area (Å²) in [4.78, 5) is 14.6. The molecule has 0 aliphatic carbocycles. The number of rotatable bonds is 5. The molecule has 1 N–H and O–H groups in total. The van der Waals surface area contributed by atoms with Gasteiger partial charge in [0.2, 0.25) is 0 Å². The van der Waals surface area contributed by atoms with E-state index in [9.17, 15) is 4.79 Å². The van der Waals surface area contributed by atoms with E-state index >= 15 is 0 Å². The zero-order chi connectivity index (χ0) is 15.1. The van der Waals surface area contributed by atoms with Gasteiger partial charge in [-0.1, -0.05) is 30.5 Å². The molecular weight excluding hydrogens is 284 g/mol. The third-order valence-corrected chi connectivity index (χ3v) is 4.32. The second-order valence-electron chi connectivity index (χ2n) is 5.85. The highest BCUT2D eigenvalue weighted by molar-refractivity contribution is 6.33. The molecule has 1 amide bonds. The zero-order valence-electron chi connectivity index (χ0n) is 12.8. The van der Waals surface area contributed by atoms with Gasteiger partial charge >= 0.3 is 0 Å². The molecule has 0 aromatic heterocycles. The van der Waals surface area contributed by atoms with E-state index in [1.54, 1.807) is 6.07 Å². The van der Waals surface area contributed by atoms with E-state index in [1.165, 1.54) is 38.8 Å². The first-order chi connectivity index (χ1) is 10.2. The monoisotopic (exact) mass is 308 g/mol. The Morgan fingerprint density at radius 3 is 2.62 bits per heavy atom. The minimum Gasteiger partial charge on any atom is -0.352 e. The first-order valence-corrected chi connectivity index (χ1v) is 8.31. The largest absolute Gasteiger partial charge is 0.352 e. The summed E-state index contributed by atoms with van der Waals surface area (Å²) in [5.41, 5.74) is 1.63. The molecule has 21 heavy (non-hydrogen) atoms. The average molecular weight is 309 g/mol. The number of likely N-dealkylation sites (tertiary alicyclic amines) is 1. The van der Waals surface area contributed by atoms with Crippen molar-refractivity contribution >= 4 is 17.5 Å². The first kappa shape index (κ1) is 16.3. The maximum Gasteiger partial charge on any atom is 0.252 e. The molecule has 0 radical (unpaired) electrons. The number of halogens is 1. The Morgan fingerprint density at radius 1 is 1.24 bits per heavy atom. The van der Waals surface area contributed by atoms with Crippen LogP contribution in [0.25, 0.3) is 0 Å². The van der Waals surface area contributed by atoms with Gasteiger partial charge in [0.05, 0.1) is 10.6 Å². The van der Waals surface area contributed by atoms with Crippen LogP contribution in [0.2, 0.25) is 5.02 Å². The maximum absolute atomic E-state index is 12.1. The Labute approximate surface area is 132 Å². The van der Waals surface area contributed by atoms with Crippen molar-refractivity contribution in [2.45, 2.75) is 39.0 Å². The number of benzene rings is 1. The van der Waals surface area contributed by atoms with Gasteiger partial charge in [-0.25, -0.2) is 0 Å². The predicted molar refractivity (Wildman–Crippen MR) is 88.0 cm³/mol. The van der Waals surface area contributed by atoms with E-state index in [0.29, 0.717) is 17.1 Å². The van der Waals surface area contributed by atoms with Crippen molar-refractivity contribution in [1.29, 1.82) is 0 Å². The molecule has 3 nitrogen and oxygen atoms in total. The summed E-state index contributed by atoms with van der Waals surface area (Å²) in [6.07, 6.45) is 6.34. The lowest BCUT2D eigenvalue weighted by atomic mass is 10.1. The predicted octanol–water partition coefficient (Wildman–Crippen LogP) is 3.64. The Kier molecular flexibility index (Phi) is 6.52. The molecule has 1 heterocycles. The number of hydrogen-bond donors (Lipinski definition) is 1. The number of nitrogens with one attached hydrogen (secondary N) is 1. The fourth-order valence-electron chi connectivity index (χ4n) is 2.76. The van der Waals surface area contributed by atoms with Crippen LogP contribution < -0.4 is 5.32 Å². The Bertz CT molecular complexity index is 468. The molecule has 4 heteroatoms. The Balaban J connectivity index is 1.71. The van der Waals surface area contributed by atoms with Gasteiger partial charge in [0.15, 0.2) is 0 Å². The van der Waals surface area contributed by atoms with Gasteiger partial charge in [0.25, 0.3) is 5.91 Å². The Hall–Kier alpha value is -1.06. The first-order valence-electron chi connectivity index (χ1n) is 7.93. The third kappa shape index (κ3) is 5.33.